The minimum atomic E-state index is -4.82. The number of nitrogens with one attached hydrogen (secondary N) is 1. The van der Waals surface area contributed by atoms with Gasteiger partial charge in [-0.3, -0.25) is 0 Å². The Morgan fingerprint density at radius 3 is 2.67 bits per heavy atom. The Morgan fingerprint density at radius 1 is 1.26 bits per heavy atom. The third-order valence-corrected chi connectivity index (χ3v) is 4.42. The van der Waals surface area contributed by atoms with Crippen LogP contribution in [0.3, 0.4) is 0 Å². The quantitative estimate of drug-likeness (QED) is 0.843. The lowest BCUT2D eigenvalue weighted by atomic mass is 10.1. The van der Waals surface area contributed by atoms with E-state index in [1.807, 2.05) is 13.0 Å². The summed E-state index contributed by atoms with van der Waals surface area (Å²) in [5, 5.41) is 21.8. The highest BCUT2D eigenvalue weighted by Crippen LogP contribution is 2.35. The number of hydrogen-bond acceptors (Lipinski definition) is 6. The molecule has 2 N–H and O–H groups in total. The highest BCUT2D eigenvalue weighted by Gasteiger charge is 2.31. The molecule has 1 atom stereocenters. The van der Waals surface area contributed by atoms with Crippen molar-refractivity contribution in [2.24, 2.45) is 0 Å². The smallest absolute Gasteiger partial charge is 0.507 e. The molecule has 2 heterocycles. The summed E-state index contributed by atoms with van der Waals surface area (Å²) >= 11 is 0. The Balaban J connectivity index is 1.77. The second-order valence-corrected chi connectivity index (χ2v) is 6.73. The fourth-order valence-electron chi connectivity index (χ4n) is 3.22. The number of rotatable bonds is 4. The van der Waals surface area contributed by atoms with Gasteiger partial charge >= 0.3 is 6.36 Å². The van der Waals surface area contributed by atoms with E-state index >= 15 is 0 Å². The third kappa shape index (κ3) is 5.00. The highest BCUT2D eigenvalue weighted by atomic mass is 19.4. The molecule has 0 radical (unpaired) electrons. The number of nitrogens with zero attached hydrogens (tertiary/aromatic N) is 3. The maximum Gasteiger partial charge on any atom is 0.573 e. The van der Waals surface area contributed by atoms with Crippen molar-refractivity contribution in [2.45, 2.75) is 32.2 Å². The molecular formula is C18H21F3N4O2. The van der Waals surface area contributed by atoms with Crippen LogP contribution in [0.15, 0.2) is 24.3 Å². The van der Waals surface area contributed by atoms with Gasteiger partial charge in [0.05, 0.1) is 5.69 Å². The fourth-order valence-corrected chi connectivity index (χ4v) is 3.22. The van der Waals surface area contributed by atoms with Crippen molar-refractivity contribution < 1.29 is 23.0 Å². The van der Waals surface area contributed by atoms with Gasteiger partial charge in [0, 0.05) is 24.2 Å². The number of aryl methyl sites for hydroxylation is 1. The lowest BCUT2D eigenvalue weighted by Gasteiger charge is -2.30. The van der Waals surface area contributed by atoms with Crippen LogP contribution in [-0.2, 0) is 0 Å². The van der Waals surface area contributed by atoms with E-state index in [1.54, 1.807) is 0 Å². The summed E-state index contributed by atoms with van der Waals surface area (Å²) in [7, 11) is 2.07. The number of phenols is 1. The topological polar surface area (TPSA) is 70.5 Å². The summed E-state index contributed by atoms with van der Waals surface area (Å²) in [6, 6.07) is 5.48. The number of piperidine rings is 1. The third-order valence-electron chi connectivity index (χ3n) is 4.42. The molecule has 1 unspecified atom stereocenters. The number of aromatic nitrogens is 2. The molecule has 6 nitrogen and oxygen atoms in total. The Kier molecular flexibility index (Phi) is 5.41. The first-order chi connectivity index (χ1) is 12.7. The van der Waals surface area contributed by atoms with Crippen LogP contribution >= 0.6 is 0 Å². The lowest BCUT2D eigenvalue weighted by Crippen LogP contribution is -2.39. The molecule has 1 fully saturated rings. The normalized spacial score (nSPS) is 18.3. The van der Waals surface area contributed by atoms with Crippen LogP contribution < -0.4 is 10.1 Å². The molecule has 0 spiro atoms. The number of aromatic hydroxyl groups is 1. The summed E-state index contributed by atoms with van der Waals surface area (Å²) in [5.74, 6) is -0.217. The van der Waals surface area contributed by atoms with Gasteiger partial charge in [0.25, 0.3) is 0 Å². The molecule has 0 saturated carbocycles. The van der Waals surface area contributed by atoms with E-state index in [0.717, 1.165) is 43.6 Å². The first-order valence-electron chi connectivity index (χ1n) is 8.60. The molecule has 3 rings (SSSR count). The number of halogens is 3. The average Bonchev–Trinajstić information content (AvgIpc) is 2.54. The van der Waals surface area contributed by atoms with Gasteiger partial charge in [0.2, 0.25) is 0 Å². The van der Waals surface area contributed by atoms with Crippen molar-refractivity contribution in [2.75, 3.05) is 25.5 Å². The van der Waals surface area contributed by atoms with Crippen molar-refractivity contribution >= 4 is 5.82 Å². The molecule has 0 amide bonds. The molecule has 9 heteroatoms. The van der Waals surface area contributed by atoms with E-state index in [9.17, 15) is 18.3 Å². The number of alkyl halides is 3. The van der Waals surface area contributed by atoms with Gasteiger partial charge in [-0.25, -0.2) is 0 Å². The molecular weight excluding hydrogens is 361 g/mol. The molecule has 0 bridgehead atoms. The molecule has 2 aromatic rings. The summed E-state index contributed by atoms with van der Waals surface area (Å²) in [5.41, 5.74) is 1.44. The Hall–Kier alpha value is -2.55. The van der Waals surface area contributed by atoms with Gasteiger partial charge in [-0.05, 0) is 57.1 Å². The fraction of sp³-hybridized carbons (Fsp3) is 0.444. The van der Waals surface area contributed by atoms with Crippen molar-refractivity contribution in [3.8, 4) is 22.8 Å². The number of benzene rings is 1. The van der Waals surface area contributed by atoms with Crippen molar-refractivity contribution in [3.05, 3.63) is 29.8 Å². The predicted molar refractivity (Wildman–Crippen MR) is 94.7 cm³/mol. The van der Waals surface area contributed by atoms with E-state index in [-0.39, 0.29) is 11.8 Å². The summed E-state index contributed by atoms with van der Waals surface area (Å²) in [4.78, 5) is 2.25. The summed E-state index contributed by atoms with van der Waals surface area (Å²) in [6.45, 7) is 3.81. The zero-order valence-electron chi connectivity index (χ0n) is 15.0. The zero-order chi connectivity index (χ0) is 19.6. The molecule has 146 valence electrons. The number of anilines is 1. The number of likely N-dealkylation sites (tertiary alicyclic amines) is 1. The highest BCUT2D eigenvalue weighted by molar-refractivity contribution is 5.71. The van der Waals surface area contributed by atoms with Crippen LogP contribution in [0, 0.1) is 6.92 Å². The monoisotopic (exact) mass is 382 g/mol. The number of hydrogen-bond donors (Lipinski definition) is 2. The number of ether oxygens (including phenoxy) is 1. The van der Waals surface area contributed by atoms with Gasteiger partial charge in [-0.1, -0.05) is 0 Å². The minimum absolute atomic E-state index is 0.288. The predicted octanol–water partition coefficient (Wildman–Crippen LogP) is 3.56. The molecule has 1 aromatic carbocycles. The largest absolute Gasteiger partial charge is 0.573 e. The van der Waals surface area contributed by atoms with Gasteiger partial charge < -0.3 is 20.1 Å². The second-order valence-electron chi connectivity index (χ2n) is 6.73. The molecule has 27 heavy (non-hydrogen) atoms. The molecule has 0 aliphatic carbocycles. The van der Waals surface area contributed by atoms with Crippen LogP contribution in [0.1, 0.15) is 18.4 Å². The first kappa shape index (κ1) is 19.2. The van der Waals surface area contributed by atoms with Crippen LogP contribution in [0.25, 0.3) is 11.3 Å². The number of phenolic OH excluding ortho intramolecular Hbond substituents is 1. The maximum atomic E-state index is 12.3. The average molecular weight is 382 g/mol. The van der Waals surface area contributed by atoms with Crippen molar-refractivity contribution in [1.82, 2.24) is 15.1 Å². The van der Waals surface area contributed by atoms with Gasteiger partial charge in [-0.2, -0.15) is 0 Å². The maximum absolute atomic E-state index is 12.3. The molecule has 1 aromatic heterocycles. The van der Waals surface area contributed by atoms with Gasteiger partial charge in [-0.15, -0.1) is 23.4 Å². The van der Waals surface area contributed by atoms with Gasteiger partial charge in [0.15, 0.2) is 0 Å². The summed E-state index contributed by atoms with van der Waals surface area (Å²) < 4.78 is 40.7. The second kappa shape index (κ2) is 7.59. The Bertz CT molecular complexity index is 814. The SMILES string of the molecule is Cc1cc(NC2CCCN(C)C2)nnc1-c1ccc(OC(F)(F)F)cc1O. The first-order valence-corrected chi connectivity index (χ1v) is 8.60. The van der Waals surface area contributed by atoms with E-state index in [1.165, 1.54) is 6.07 Å². The summed E-state index contributed by atoms with van der Waals surface area (Å²) in [6.07, 6.45) is -2.66. The minimum Gasteiger partial charge on any atom is -0.507 e. The van der Waals surface area contributed by atoms with E-state index in [4.69, 9.17) is 0 Å². The Morgan fingerprint density at radius 2 is 2.04 bits per heavy atom. The number of likely N-dealkylation sites (N-methyl/N-ethyl adjacent to an activating group) is 1. The van der Waals surface area contributed by atoms with Crippen LogP contribution in [-0.4, -0.2) is 52.7 Å². The van der Waals surface area contributed by atoms with E-state index < -0.39 is 12.1 Å². The van der Waals surface area contributed by atoms with Crippen LogP contribution in [0.2, 0.25) is 0 Å². The molecule has 1 saturated heterocycles. The van der Waals surface area contributed by atoms with E-state index in [0.29, 0.717) is 17.1 Å². The van der Waals surface area contributed by atoms with E-state index in [2.05, 4.69) is 32.2 Å². The van der Waals surface area contributed by atoms with Crippen LogP contribution in [0.4, 0.5) is 19.0 Å². The van der Waals surface area contributed by atoms with Crippen molar-refractivity contribution in [1.29, 1.82) is 0 Å². The zero-order valence-corrected chi connectivity index (χ0v) is 15.0. The van der Waals surface area contributed by atoms with Crippen molar-refractivity contribution in [3.63, 3.8) is 0 Å². The standard InChI is InChI=1S/C18H21F3N4O2/c1-11-8-16(22-12-4-3-7-25(2)10-12)23-24-17(11)14-6-5-13(9-15(14)26)27-18(19,20)21/h5-6,8-9,12,26H,3-4,7,10H2,1-2H3,(H,22,23). The van der Waals surface area contributed by atoms with Crippen LogP contribution in [0.5, 0.6) is 11.5 Å². The molecule has 1 aliphatic rings. The Labute approximate surface area is 155 Å². The molecule has 1 aliphatic heterocycles. The van der Waals surface area contributed by atoms with Gasteiger partial charge in [0.1, 0.15) is 17.3 Å². The lowest BCUT2D eigenvalue weighted by molar-refractivity contribution is -0.274.